The summed E-state index contributed by atoms with van der Waals surface area (Å²) < 4.78 is 24.1. The Morgan fingerprint density at radius 2 is 1.78 bits per heavy atom. The first-order valence-electron chi connectivity index (χ1n) is 6.11. The molecule has 0 saturated heterocycles. The molecule has 1 saturated carbocycles. The maximum Gasteiger partial charge on any atom is 0.231 e. The number of nitrogens with one attached hydrogen (secondary N) is 2. The van der Waals surface area contributed by atoms with Gasteiger partial charge < -0.3 is 5.43 Å². The number of benzene rings is 1. The van der Waals surface area contributed by atoms with Crippen LogP contribution in [0.5, 0.6) is 0 Å². The van der Waals surface area contributed by atoms with Crippen LogP contribution in [-0.4, -0.2) is 13.7 Å². The van der Waals surface area contributed by atoms with Gasteiger partial charge in [0.2, 0.25) is 10.0 Å². The van der Waals surface area contributed by atoms with Crippen LogP contribution >= 0.6 is 11.6 Å². The van der Waals surface area contributed by atoms with Crippen molar-refractivity contribution in [2.75, 3.05) is 5.43 Å². The van der Waals surface area contributed by atoms with Gasteiger partial charge in [0.1, 0.15) is 0 Å². The van der Waals surface area contributed by atoms with Crippen LogP contribution in [0.15, 0.2) is 24.3 Å². The summed E-state index contributed by atoms with van der Waals surface area (Å²) in [6.07, 6.45) is 4.57. The molecule has 0 atom stereocenters. The van der Waals surface area contributed by atoms with Crippen molar-refractivity contribution in [3.8, 4) is 0 Å². The minimum atomic E-state index is -3.32. The van der Waals surface area contributed by atoms with E-state index in [2.05, 4.69) is 10.3 Å². The fourth-order valence-corrected chi connectivity index (χ4v) is 3.70. The van der Waals surface area contributed by atoms with Gasteiger partial charge in [-0.3, -0.25) is 0 Å². The molecule has 0 spiro atoms. The summed E-state index contributed by atoms with van der Waals surface area (Å²) in [6.45, 7) is 0. The molecule has 0 aromatic heterocycles. The van der Waals surface area contributed by atoms with Crippen molar-refractivity contribution in [1.82, 2.24) is 4.83 Å². The molecule has 18 heavy (non-hydrogen) atoms. The normalized spacial score (nSPS) is 17.6. The highest BCUT2D eigenvalue weighted by Gasteiger charge is 2.26. The van der Waals surface area contributed by atoms with Crippen LogP contribution < -0.4 is 10.3 Å². The van der Waals surface area contributed by atoms with E-state index >= 15 is 0 Å². The van der Waals surface area contributed by atoms with E-state index in [1.54, 1.807) is 24.3 Å². The molecule has 0 radical (unpaired) electrons. The van der Waals surface area contributed by atoms with Crippen LogP contribution in [0, 0.1) is 0 Å². The Kier molecular flexibility index (Phi) is 4.48. The van der Waals surface area contributed by atoms with Crippen molar-refractivity contribution in [3.63, 3.8) is 0 Å². The Morgan fingerprint density at radius 3 is 2.44 bits per heavy atom. The number of rotatable bonds is 4. The monoisotopic (exact) mass is 288 g/mol. The molecule has 0 bridgehead atoms. The number of hydrogen-bond donors (Lipinski definition) is 2. The van der Waals surface area contributed by atoms with E-state index in [9.17, 15) is 8.42 Å². The van der Waals surface area contributed by atoms with Crippen LogP contribution in [0.2, 0.25) is 5.02 Å². The first-order chi connectivity index (χ1) is 8.59. The molecule has 100 valence electrons. The lowest BCUT2D eigenvalue weighted by molar-refractivity contribution is 0.480. The molecule has 2 N–H and O–H groups in total. The van der Waals surface area contributed by atoms with E-state index < -0.39 is 10.0 Å². The highest BCUT2D eigenvalue weighted by Crippen LogP contribution is 2.24. The molecular weight excluding hydrogens is 272 g/mol. The zero-order chi connectivity index (χ0) is 13.0. The lowest BCUT2D eigenvalue weighted by Gasteiger charge is -2.22. The third-order valence-corrected chi connectivity index (χ3v) is 5.26. The first kappa shape index (κ1) is 13.6. The Balaban J connectivity index is 1.98. The highest BCUT2D eigenvalue weighted by atomic mass is 35.5. The second-order valence-corrected chi connectivity index (χ2v) is 6.88. The molecule has 1 aromatic rings. The molecule has 0 aliphatic heterocycles. The molecule has 0 amide bonds. The SMILES string of the molecule is O=S(=O)(NNc1ccccc1Cl)C1CCCCC1. The third-order valence-electron chi connectivity index (χ3n) is 3.19. The van der Waals surface area contributed by atoms with Crippen molar-refractivity contribution in [2.45, 2.75) is 37.4 Å². The standard InChI is InChI=1S/C12H17ClN2O2S/c13-11-8-4-5-9-12(11)14-15-18(16,17)10-6-2-1-3-7-10/h4-5,8-10,14-15H,1-3,6-7H2. The molecule has 1 aliphatic carbocycles. The second kappa shape index (κ2) is 5.91. The van der Waals surface area contributed by atoms with Crippen molar-refractivity contribution in [2.24, 2.45) is 0 Å². The molecule has 6 heteroatoms. The minimum absolute atomic E-state index is 0.291. The van der Waals surface area contributed by atoms with Crippen LogP contribution in [0.25, 0.3) is 0 Å². The van der Waals surface area contributed by atoms with Gasteiger partial charge in [-0.2, -0.15) is 0 Å². The van der Waals surface area contributed by atoms with E-state index in [0.29, 0.717) is 10.7 Å². The molecule has 1 aromatic carbocycles. The van der Waals surface area contributed by atoms with Crippen molar-refractivity contribution in [1.29, 1.82) is 0 Å². The molecule has 4 nitrogen and oxygen atoms in total. The Bertz CT molecular complexity index is 499. The molecular formula is C12H17ClN2O2S. The average Bonchev–Trinajstić information content (AvgIpc) is 2.39. The van der Waals surface area contributed by atoms with E-state index in [-0.39, 0.29) is 5.25 Å². The van der Waals surface area contributed by atoms with Crippen molar-refractivity contribution >= 4 is 27.3 Å². The molecule has 0 heterocycles. The maximum atomic E-state index is 12.1. The summed E-state index contributed by atoms with van der Waals surface area (Å²) in [4.78, 5) is 2.42. The van der Waals surface area contributed by atoms with E-state index in [1.165, 1.54) is 0 Å². The summed E-state index contributed by atoms with van der Waals surface area (Å²) in [5.41, 5.74) is 3.25. The largest absolute Gasteiger partial charge is 0.307 e. The van der Waals surface area contributed by atoms with Gasteiger partial charge in [-0.1, -0.05) is 43.0 Å². The van der Waals surface area contributed by atoms with Gasteiger partial charge >= 0.3 is 0 Å². The molecule has 0 unspecified atom stereocenters. The number of halogens is 1. The summed E-state index contributed by atoms with van der Waals surface area (Å²) in [5, 5.41) is 0.199. The predicted molar refractivity (Wildman–Crippen MR) is 74.0 cm³/mol. The van der Waals surface area contributed by atoms with Gasteiger partial charge in [0, 0.05) is 0 Å². The number of sulfonamides is 1. The summed E-state index contributed by atoms with van der Waals surface area (Å²) >= 11 is 5.94. The summed E-state index contributed by atoms with van der Waals surface area (Å²) in [5.74, 6) is 0. The third kappa shape index (κ3) is 3.37. The smallest absolute Gasteiger partial charge is 0.231 e. The zero-order valence-corrected chi connectivity index (χ0v) is 11.6. The molecule has 2 rings (SSSR count). The fraction of sp³-hybridized carbons (Fsp3) is 0.500. The number of hydrogen-bond acceptors (Lipinski definition) is 3. The van der Waals surface area contributed by atoms with E-state index in [4.69, 9.17) is 11.6 Å². The Hall–Kier alpha value is -0.780. The second-order valence-electron chi connectivity index (χ2n) is 4.51. The van der Waals surface area contributed by atoms with Crippen LogP contribution in [0.3, 0.4) is 0 Å². The molecule has 1 fully saturated rings. The lowest BCUT2D eigenvalue weighted by Crippen LogP contribution is -2.38. The van der Waals surface area contributed by atoms with Crippen LogP contribution in [0.4, 0.5) is 5.69 Å². The molecule has 1 aliphatic rings. The minimum Gasteiger partial charge on any atom is -0.307 e. The Labute approximate surface area is 113 Å². The van der Waals surface area contributed by atoms with Gasteiger partial charge in [0.25, 0.3) is 0 Å². The van der Waals surface area contributed by atoms with Gasteiger partial charge in [-0.05, 0) is 25.0 Å². The lowest BCUT2D eigenvalue weighted by atomic mass is 10.0. The fourth-order valence-electron chi connectivity index (χ4n) is 2.15. The number of anilines is 1. The summed E-state index contributed by atoms with van der Waals surface area (Å²) in [7, 11) is -3.32. The van der Waals surface area contributed by atoms with Gasteiger partial charge in [-0.15, -0.1) is 4.83 Å². The van der Waals surface area contributed by atoms with Crippen LogP contribution in [-0.2, 0) is 10.0 Å². The Morgan fingerprint density at radius 1 is 1.11 bits per heavy atom. The highest BCUT2D eigenvalue weighted by molar-refractivity contribution is 7.90. The summed E-state index contributed by atoms with van der Waals surface area (Å²) in [6, 6.07) is 7.02. The van der Waals surface area contributed by atoms with Crippen molar-refractivity contribution < 1.29 is 8.42 Å². The average molecular weight is 289 g/mol. The first-order valence-corrected chi connectivity index (χ1v) is 8.03. The topological polar surface area (TPSA) is 58.2 Å². The predicted octanol–water partition coefficient (Wildman–Crippen LogP) is 2.92. The van der Waals surface area contributed by atoms with Crippen LogP contribution in [0.1, 0.15) is 32.1 Å². The van der Waals surface area contributed by atoms with Gasteiger partial charge in [0.15, 0.2) is 0 Å². The quantitative estimate of drug-likeness (QED) is 0.838. The number of para-hydroxylation sites is 1. The van der Waals surface area contributed by atoms with Gasteiger partial charge in [-0.25, -0.2) is 8.42 Å². The maximum absolute atomic E-state index is 12.1. The van der Waals surface area contributed by atoms with E-state index in [1.807, 2.05) is 0 Å². The van der Waals surface area contributed by atoms with Crippen molar-refractivity contribution in [3.05, 3.63) is 29.3 Å². The van der Waals surface area contributed by atoms with Gasteiger partial charge in [0.05, 0.1) is 16.0 Å². The zero-order valence-electron chi connectivity index (χ0n) is 10.0. The number of hydrazine groups is 1. The van der Waals surface area contributed by atoms with E-state index in [0.717, 1.165) is 32.1 Å².